The minimum absolute atomic E-state index is 0.0948. The highest BCUT2D eigenvalue weighted by molar-refractivity contribution is 5.76. The number of nitrogens with one attached hydrogen (secondary N) is 1. The molecule has 3 heterocycles. The number of rotatable bonds is 6. The third kappa shape index (κ3) is 3.59. The number of hydrogen-bond acceptors (Lipinski definition) is 3. The largest absolute Gasteiger partial charge is 0.465 e. The summed E-state index contributed by atoms with van der Waals surface area (Å²) >= 11 is 0. The summed E-state index contributed by atoms with van der Waals surface area (Å²) in [5, 5.41) is 12.1. The number of fused-ring (bicyclic) bond motifs is 4. The lowest BCUT2D eigenvalue weighted by molar-refractivity contribution is 0.0963. The minimum atomic E-state index is -0.924. The van der Waals surface area contributed by atoms with Crippen molar-refractivity contribution >= 4 is 17.1 Å². The van der Waals surface area contributed by atoms with E-state index in [1.807, 2.05) is 0 Å². The van der Waals surface area contributed by atoms with E-state index in [-0.39, 0.29) is 5.41 Å². The molecule has 0 radical (unpaired) electrons. The summed E-state index contributed by atoms with van der Waals surface area (Å²) in [4.78, 5) is 19.0. The van der Waals surface area contributed by atoms with Gasteiger partial charge >= 0.3 is 6.09 Å². The van der Waals surface area contributed by atoms with Crippen LogP contribution in [0.15, 0.2) is 48.5 Å². The predicted molar refractivity (Wildman–Crippen MR) is 133 cm³/mol. The van der Waals surface area contributed by atoms with Gasteiger partial charge in [0.15, 0.2) is 0 Å². The molecule has 2 aliphatic heterocycles. The van der Waals surface area contributed by atoms with E-state index in [4.69, 9.17) is 4.98 Å². The Morgan fingerprint density at radius 2 is 1.82 bits per heavy atom. The lowest BCUT2D eigenvalue weighted by atomic mass is 9.78. The van der Waals surface area contributed by atoms with Gasteiger partial charge in [-0.05, 0) is 81.7 Å². The second-order valence-electron chi connectivity index (χ2n) is 10.6. The van der Waals surface area contributed by atoms with Crippen molar-refractivity contribution < 1.29 is 9.90 Å². The van der Waals surface area contributed by atoms with Crippen LogP contribution in [0.5, 0.6) is 0 Å². The van der Waals surface area contributed by atoms with Crippen molar-refractivity contribution in [1.82, 2.24) is 19.8 Å². The highest BCUT2D eigenvalue weighted by Gasteiger charge is 2.44. The van der Waals surface area contributed by atoms with Crippen LogP contribution in [0, 0.1) is 6.92 Å². The highest BCUT2D eigenvalue weighted by atomic mass is 16.4. The molecular formula is C28H34N4O2. The summed E-state index contributed by atoms with van der Waals surface area (Å²) in [6, 6.07) is 18.9. The van der Waals surface area contributed by atoms with Crippen LogP contribution in [0.3, 0.4) is 0 Å². The summed E-state index contributed by atoms with van der Waals surface area (Å²) in [6.07, 6.45) is 7.04. The molecule has 4 atom stereocenters. The van der Waals surface area contributed by atoms with E-state index >= 15 is 0 Å². The van der Waals surface area contributed by atoms with Gasteiger partial charge in [0, 0.05) is 30.1 Å². The van der Waals surface area contributed by atoms with E-state index in [9.17, 15) is 9.90 Å². The van der Waals surface area contributed by atoms with Crippen LogP contribution < -0.4 is 5.32 Å². The molecular weight excluding hydrogens is 424 g/mol. The maximum absolute atomic E-state index is 11.4. The zero-order valence-corrected chi connectivity index (χ0v) is 19.9. The molecule has 2 aromatic carbocycles. The van der Waals surface area contributed by atoms with Crippen molar-refractivity contribution in [2.75, 3.05) is 13.1 Å². The van der Waals surface area contributed by atoms with Gasteiger partial charge in [-0.15, -0.1) is 0 Å². The first kappa shape index (κ1) is 21.7. The van der Waals surface area contributed by atoms with Gasteiger partial charge < -0.3 is 15.0 Å². The van der Waals surface area contributed by atoms with Gasteiger partial charge in [0.25, 0.3) is 0 Å². The number of piperidine rings is 1. The number of carbonyl (C=O) groups is 1. The second-order valence-corrected chi connectivity index (χ2v) is 10.6. The highest BCUT2D eigenvalue weighted by Crippen LogP contribution is 2.45. The fourth-order valence-corrected chi connectivity index (χ4v) is 7.33. The maximum atomic E-state index is 11.4. The van der Waals surface area contributed by atoms with Gasteiger partial charge in [-0.1, -0.05) is 36.4 Å². The van der Waals surface area contributed by atoms with Crippen LogP contribution in [-0.4, -0.2) is 50.8 Å². The average molecular weight is 459 g/mol. The van der Waals surface area contributed by atoms with Crippen LogP contribution in [-0.2, 0) is 11.8 Å². The van der Waals surface area contributed by atoms with Crippen molar-refractivity contribution in [2.24, 2.45) is 0 Å². The molecule has 2 bridgehead atoms. The van der Waals surface area contributed by atoms with E-state index < -0.39 is 6.09 Å². The van der Waals surface area contributed by atoms with Crippen molar-refractivity contribution in [1.29, 1.82) is 0 Å². The number of amides is 1. The molecule has 178 valence electrons. The molecule has 1 aromatic heterocycles. The van der Waals surface area contributed by atoms with E-state index in [0.717, 1.165) is 37.1 Å². The van der Waals surface area contributed by atoms with Gasteiger partial charge in [0.2, 0.25) is 0 Å². The molecule has 34 heavy (non-hydrogen) atoms. The van der Waals surface area contributed by atoms with E-state index in [1.54, 1.807) is 0 Å². The Bertz CT molecular complexity index is 1210. The summed E-state index contributed by atoms with van der Waals surface area (Å²) in [7, 11) is 0. The van der Waals surface area contributed by atoms with Crippen LogP contribution >= 0.6 is 0 Å². The van der Waals surface area contributed by atoms with E-state index in [0.29, 0.717) is 24.7 Å². The Morgan fingerprint density at radius 1 is 1.09 bits per heavy atom. The summed E-state index contributed by atoms with van der Waals surface area (Å²) in [5.74, 6) is 1.13. The molecule has 2 fully saturated rings. The normalized spacial score (nSPS) is 28.3. The molecule has 6 nitrogen and oxygen atoms in total. The van der Waals surface area contributed by atoms with Gasteiger partial charge in [-0.25, -0.2) is 9.78 Å². The zero-order valence-electron chi connectivity index (χ0n) is 19.9. The molecule has 3 aromatic rings. The minimum Gasteiger partial charge on any atom is -0.465 e. The number of imidazole rings is 1. The van der Waals surface area contributed by atoms with Crippen LogP contribution in [0.1, 0.15) is 61.5 Å². The van der Waals surface area contributed by atoms with Gasteiger partial charge in [-0.3, -0.25) is 4.90 Å². The Morgan fingerprint density at radius 3 is 2.62 bits per heavy atom. The van der Waals surface area contributed by atoms with E-state index in [1.165, 1.54) is 42.3 Å². The number of nitrogens with zero attached hydrogens (tertiary/aromatic N) is 3. The molecule has 1 aliphatic carbocycles. The number of aryl methyl sites for hydroxylation is 2. The fourth-order valence-electron chi connectivity index (χ4n) is 7.33. The number of benzene rings is 2. The monoisotopic (exact) mass is 458 g/mol. The zero-order chi connectivity index (χ0) is 23.3. The van der Waals surface area contributed by atoms with Crippen molar-refractivity contribution in [2.45, 2.75) is 75.4 Å². The third-order valence-corrected chi connectivity index (χ3v) is 8.88. The summed E-state index contributed by atoms with van der Waals surface area (Å²) < 4.78 is 2.49. The Labute approximate surface area is 201 Å². The molecule has 2 saturated heterocycles. The molecule has 2 unspecified atom stereocenters. The maximum Gasteiger partial charge on any atom is 0.404 e. The quantitative estimate of drug-likeness (QED) is 0.542. The number of aromatic nitrogens is 2. The molecule has 6 rings (SSSR count). The lowest BCUT2D eigenvalue weighted by Gasteiger charge is -2.42. The Kier molecular flexibility index (Phi) is 5.36. The van der Waals surface area contributed by atoms with Gasteiger partial charge in [-0.2, -0.15) is 0 Å². The smallest absolute Gasteiger partial charge is 0.404 e. The van der Waals surface area contributed by atoms with E-state index in [2.05, 4.69) is 70.2 Å². The first-order chi connectivity index (χ1) is 16.5. The Balaban J connectivity index is 1.20. The van der Waals surface area contributed by atoms with Crippen LogP contribution in [0.25, 0.3) is 11.0 Å². The fraction of sp³-hybridized carbons (Fsp3) is 0.500. The number of hydrogen-bond donors (Lipinski definition) is 2. The topological polar surface area (TPSA) is 70.4 Å². The average Bonchev–Trinajstić information content (AvgIpc) is 3.45. The SMILES string of the molecule is Cc1nc2ccccc2n1C1C[C@H]2CC[C@@H](C1)N2CCC1(CNC(=O)O)CCc2ccccc21. The predicted octanol–water partition coefficient (Wildman–Crippen LogP) is 5.05. The van der Waals surface area contributed by atoms with Crippen molar-refractivity contribution in [3.63, 3.8) is 0 Å². The third-order valence-electron chi connectivity index (χ3n) is 8.88. The molecule has 2 N–H and O–H groups in total. The molecule has 0 spiro atoms. The van der Waals surface area contributed by atoms with Crippen molar-refractivity contribution in [3.05, 3.63) is 65.5 Å². The second kappa shape index (κ2) is 8.42. The summed E-state index contributed by atoms with van der Waals surface area (Å²) in [5.41, 5.74) is 5.01. The molecule has 6 heteroatoms. The van der Waals surface area contributed by atoms with Crippen LogP contribution in [0.2, 0.25) is 0 Å². The van der Waals surface area contributed by atoms with Crippen LogP contribution in [0.4, 0.5) is 4.79 Å². The number of para-hydroxylation sites is 2. The Hall–Kier alpha value is -2.86. The first-order valence-electron chi connectivity index (χ1n) is 12.8. The first-order valence-corrected chi connectivity index (χ1v) is 12.8. The standard InChI is InChI=1S/C28H34N4O2/c1-19-30-25-8-4-5-9-26(25)32(19)23-16-21-10-11-22(17-23)31(21)15-14-28(18-29-27(33)34)13-12-20-6-2-3-7-24(20)28/h2-9,21-23,29H,10-18H2,1H3,(H,33,34)/t21-,22+,23?,28?. The molecule has 3 aliphatic rings. The van der Waals surface area contributed by atoms with Gasteiger partial charge in [0.05, 0.1) is 11.0 Å². The molecule has 0 saturated carbocycles. The lowest BCUT2D eigenvalue weighted by Crippen LogP contribution is -2.47. The summed E-state index contributed by atoms with van der Waals surface area (Å²) in [6.45, 7) is 3.69. The van der Waals surface area contributed by atoms with Crippen molar-refractivity contribution in [3.8, 4) is 0 Å². The van der Waals surface area contributed by atoms with Gasteiger partial charge in [0.1, 0.15) is 5.82 Å². The number of carboxylic acid groups (broad SMARTS) is 1. The molecule has 1 amide bonds.